The number of nitrogens with zero attached hydrogens (tertiary/aromatic N) is 1. The Morgan fingerprint density at radius 1 is 1.28 bits per heavy atom. The predicted molar refractivity (Wildman–Crippen MR) is 69.8 cm³/mol. The molecule has 0 saturated heterocycles. The molecule has 18 heavy (non-hydrogen) atoms. The second kappa shape index (κ2) is 5.82. The van der Waals surface area contributed by atoms with Crippen LogP contribution in [0.15, 0.2) is 24.3 Å². The lowest BCUT2D eigenvalue weighted by Crippen LogP contribution is -2.29. The van der Waals surface area contributed by atoms with Crippen LogP contribution in [-0.2, 0) is 4.74 Å². The number of hydrogen-bond acceptors (Lipinski definition) is 4. The molecule has 0 radical (unpaired) electrons. The predicted octanol–water partition coefficient (Wildman–Crippen LogP) is 2.96. The number of rotatable bonds is 4. The van der Waals surface area contributed by atoms with Crippen LogP contribution in [0.3, 0.4) is 0 Å². The van der Waals surface area contributed by atoms with Crippen LogP contribution >= 0.6 is 0 Å². The first-order valence-electron chi connectivity index (χ1n) is 6.23. The third-order valence-corrected chi connectivity index (χ3v) is 3.47. The zero-order valence-corrected chi connectivity index (χ0v) is 10.5. The minimum Gasteiger partial charge on any atom is -0.381 e. The van der Waals surface area contributed by atoms with Gasteiger partial charge in [0, 0.05) is 19.2 Å². The Bertz CT molecular complexity index is 414. The van der Waals surface area contributed by atoms with Gasteiger partial charge >= 0.3 is 0 Å². The molecule has 0 atom stereocenters. The number of hydrogen-bond donors (Lipinski definition) is 1. The van der Waals surface area contributed by atoms with Crippen molar-refractivity contribution in [2.75, 3.05) is 12.4 Å². The van der Waals surface area contributed by atoms with Gasteiger partial charge in [0.15, 0.2) is 0 Å². The highest BCUT2D eigenvalue weighted by molar-refractivity contribution is 5.61. The monoisotopic (exact) mass is 250 g/mol. The number of benzene rings is 1. The molecule has 0 aromatic heterocycles. The van der Waals surface area contributed by atoms with Crippen molar-refractivity contribution in [3.8, 4) is 0 Å². The third kappa shape index (κ3) is 2.98. The van der Waals surface area contributed by atoms with E-state index in [0.717, 1.165) is 25.7 Å². The van der Waals surface area contributed by atoms with Crippen molar-refractivity contribution in [1.82, 2.24) is 0 Å². The molecule has 0 bridgehead atoms. The summed E-state index contributed by atoms with van der Waals surface area (Å²) in [6.07, 6.45) is 4.34. The van der Waals surface area contributed by atoms with Crippen molar-refractivity contribution in [3.63, 3.8) is 0 Å². The van der Waals surface area contributed by atoms with Gasteiger partial charge in [0.2, 0.25) is 0 Å². The lowest BCUT2D eigenvalue weighted by Gasteiger charge is -2.28. The summed E-state index contributed by atoms with van der Waals surface area (Å²) in [5.41, 5.74) is 0.759. The molecule has 1 fully saturated rings. The van der Waals surface area contributed by atoms with E-state index in [0.29, 0.717) is 17.8 Å². The van der Waals surface area contributed by atoms with Gasteiger partial charge in [-0.05, 0) is 31.7 Å². The Kier molecular flexibility index (Phi) is 4.15. The smallest absolute Gasteiger partial charge is 0.292 e. The number of para-hydroxylation sites is 2. The Morgan fingerprint density at radius 3 is 2.56 bits per heavy atom. The molecule has 5 nitrogen and oxygen atoms in total. The Hall–Kier alpha value is -1.62. The van der Waals surface area contributed by atoms with Crippen molar-refractivity contribution in [3.05, 3.63) is 34.4 Å². The lowest BCUT2D eigenvalue weighted by atomic mass is 9.93. The summed E-state index contributed by atoms with van der Waals surface area (Å²) in [5.74, 6) is 0. The maximum atomic E-state index is 10.9. The number of ether oxygens (including phenoxy) is 1. The van der Waals surface area contributed by atoms with Gasteiger partial charge in [-0.15, -0.1) is 0 Å². The van der Waals surface area contributed by atoms with Gasteiger partial charge in [-0.3, -0.25) is 10.1 Å². The van der Waals surface area contributed by atoms with Crippen LogP contribution in [0.4, 0.5) is 11.4 Å². The maximum Gasteiger partial charge on any atom is 0.292 e. The summed E-state index contributed by atoms with van der Waals surface area (Å²) in [6.45, 7) is 0. The highest BCUT2D eigenvalue weighted by Crippen LogP contribution is 2.28. The Balaban J connectivity index is 2.00. The molecule has 98 valence electrons. The van der Waals surface area contributed by atoms with Gasteiger partial charge in [-0.2, -0.15) is 0 Å². The van der Waals surface area contributed by atoms with Gasteiger partial charge in [0.25, 0.3) is 5.69 Å². The normalized spacial score (nSPS) is 23.6. The fourth-order valence-electron chi connectivity index (χ4n) is 2.42. The van der Waals surface area contributed by atoms with Gasteiger partial charge in [0.05, 0.1) is 11.0 Å². The maximum absolute atomic E-state index is 10.9. The first-order chi connectivity index (χ1) is 8.70. The standard InChI is InChI=1S/C13H18N2O3/c1-18-11-8-6-10(7-9-11)14-12-4-2-3-5-13(12)15(16)17/h2-5,10-11,14H,6-9H2,1H3. The summed E-state index contributed by atoms with van der Waals surface area (Å²) in [6, 6.07) is 7.10. The van der Waals surface area contributed by atoms with E-state index < -0.39 is 0 Å². The third-order valence-electron chi connectivity index (χ3n) is 3.47. The van der Waals surface area contributed by atoms with E-state index >= 15 is 0 Å². The molecule has 1 saturated carbocycles. The van der Waals surface area contributed by atoms with Gasteiger partial charge in [-0.1, -0.05) is 12.1 Å². The average Bonchev–Trinajstić information content (AvgIpc) is 2.40. The average molecular weight is 250 g/mol. The molecule has 1 aliphatic carbocycles. The highest BCUT2D eigenvalue weighted by atomic mass is 16.6. The summed E-state index contributed by atoms with van der Waals surface area (Å²) >= 11 is 0. The van der Waals surface area contributed by atoms with Crippen LogP contribution < -0.4 is 5.32 Å². The van der Waals surface area contributed by atoms with E-state index in [1.807, 2.05) is 6.07 Å². The molecule has 1 aromatic rings. The van der Waals surface area contributed by atoms with Crippen molar-refractivity contribution < 1.29 is 9.66 Å². The number of methoxy groups -OCH3 is 1. The highest BCUT2D eigenvalue weighted by Gasteiger charge is 2.22. The van der Waals surface area contributed by atoms with E-state index in [-0.39, 0.29) is 10.6 Å². The van der Waals surface area contributed by atoms with Crippen LogP contribution in [-0.4, -0.2) is 24.2 Å². The van der Waals surface area contributed by atoms with E-state index in [4.69, 9.17) is 4.74 Å². The first kappa shape index (κ1) is 12.8. The molecule has 0 spiro atoms. The first-order valence-corrected chi connectivity index (χ1v) is 6.23. The van der Waals surface area contributed by atoms with Crippen LogP contribution in [0.5, 0.6) is 0 Å². The molecule has 1 aromatic carbocycles. The Labute approximate surface area is 106 Å². The number of nitro benzene ring substituents is 1. The topological polar surface area (TPSA) is 64.4 Å². The van der Waals surface area contributed by atoms with Gasteiger partial charge in [-0.25, -0.2) is 0 Å². The molecule has 1 aliphatic rings. The van der Waals surface area contributed by atoms with Crippen molar-refractivity contribution in [2.24, 2.45) is 0 Å². The van der Waals surface area contributed by atoms with Crippen molar-refractivity contribution in [2.45, 2.75) is 37.8 Å². The summed E-state index contributed by atoms with van der Waals surface area (Å²) in [7, 11) is 1.74. The van der Waals surface area contributed by atoms with Crippen LogP contribution in [0.2, 0.25) is 0 Å². The van der Waals surface area contributed by atoms with Crippen LogP contribution in [0.1, 0.15) is 25.7 Å². The lowest BCUT2D eigenvalue weighted by molar-refractivity contribution is -0.384. The second-order valence-electron chi connectivity index (χ2n) is 4.63. The molecule has 5 heteroatoms. The summed E-state index contributed by atoms with van der Waals surface area (Å²) in [4.78, 5) is 10.6. The zero-order chi connectivity index (χ0) is 13.0. The summed E-state index contributed by atoms with van der Waals surface area (Å²) in [5, 5.41) is 14.2. The van der Waals surface area contributed by atoms with E-state index in [2.05, 4.69) is 5.32 Å². The zero-order valence-electron chi connectivity index (χ0n) is 10.5. The molecule has 1 N–H and O–H groups in total. The quantitative estimate of drug-likeness (QED) is 0.659. The molecule has 0 aliphatic heterocycles. The molecule has 2 rings (SSSR count). The van der Waals surface area contributed by atoms with E-state index in [9.17, 15) is 10.1 Å². The molecule has 0 heterocycles. The van der Waals surface area contributed by atoms with Crippen molar-refractivity contribution >= 4 is 11.4 Å². The second-order valence-corrected chi connectivity index (χ2v) is 4.63. The number of nitrogens with one attached hydrogen (secondary N) is 1. The van der Waals surface area contributed by atoms with E-state index in [1.165, 1.54) is 6.07 Å². The summed E-state index contributed by atoms with van der Waals surface area (Å²) < 4.78 is 5.32. The van der Waals surface area contributed by atoms with E-state index in [1.54, 1.807) is 19.2 Å². The fraction of sp³-hybridized carbons (Fsp3) is 0.538. The molecule has 0 amide bonds. The SMILES string of the molecule is COC1CCC(Nc2ccccc2[N+](=O)[O-])CC1. The fourth-order valence-corrected chi connectivity index (χ4v) is 2.42. The molecular weight excluding hydrogens is 232 g/mol. The largest absolute Gasteiger partial charge is 0.381 e. The Morgan fingerprint density at radius 2 is 1.94 bits per heavy atom. The number of anilines is 1. The van der Waals surface area contributed by atoms with Crippen LogP contribution in [0.25, 0.3) is 0 Å². The van der Waals surface area contributed by atoms with Crippen LogP contribution in [0, 0.1) is 10.1 Å². The van der Waals surface area contributed by atoms with Gasteiger partial charge in [0.1, 0.15) is 5.69 Å². The number of nitro groups is 1. The van der Waals surface area contributed by atoms with Gasteiger partial charge < -0.3 is 10.1 Å². The minimum absolute atomic E-state index is 0.145. The minimum atomic E-state index is -0.344. The molecular formula is C13H18N2O3. The van der Waals surface area contributed by atoms with Crippen molar-refractivity contribution in [1.29, 1.82) is 0 Å². The molecule has 0 unspecified atom stereocenters.